The molecule has 0 saturated carbocycles. The topological polar surface area (TPSA) is 68.7 Å². The summed E-state index contributed by atoms with van der Waals surface area (Å²) in [6.45, 7) is 1.04. The van der Waals surface area contributed by atoms with Crippen molar-refractivity contribution >= 4 is 17.5 Å². The van der Waals surface area contributed by atoms with Gasteiger partial charge in [0.05, 0.1) is 6.10 Å². The van der Waals surface area contributed by atoms with E-state index in [0.29, 0.717) is 13.1 Å². The van der Waals surface area contributed by atoms with Crippen LogP contribution in [-0.2, 0) is 4.74 Å². The lowest BCUT2D eigenvalue weighted by Crippen LogP contribution is -2.51. The smallest absolute Gasteiger partial charge is 0.289 e. The lowest BCUT2D eigenvalue weighted by Gasteiger charge is -2.37. The monoisotopic (exact) mass is 272 g/mol. The van der Waals surface area contributed by atoms with Gasteiger partial charge in [0.25, 0.3) is 5.91 Å². The standard InChI is InChI=1S/C12H17ClN2O3/c1-17-9-4-5-15(8(6-9)7-14)12(16)10-2-3-11(13)18-10/h2-3,8-9H,4-7,14H2,1H3. The summed E-state index contributed by atoms with van der Waals surface area (Å²) < 4.78 is 10.5. The van der Waals surface area contributed by atoms with E-state index in [4.69, 9.17) is 26.5 Å². The molecule has 0 aromatic carbocycles. The van der Waals surface area contributed by atoms with Crippen LogP contribution in [-0.4, -0.2) is 43.2 Å². The number of hydrogen-bond donors (Lipinski definition) is 1. The molecular weight excluding hydrogens is 256 g/mol. The number of carbonyl (C=O) groups excluding carboxylic acids is 1. The van der Waals surface area contributed by atoms with Crippen LogP contribution in [0.1, 0.15) is 23.4 Å². The third kappa shape index (κ3) is 2.68. The molecule has 2 atom stereocenters. The molecule has 1 fully saturated rings. The van der Waals surface area contributed by atoms with E-state index in [2.05, 4.69) is 0 Å². The molecule has 6 heteroatoms. The summed E-state index contributed by atoms with van der Waals surface area (Å²) in [6.07, 6.45) is 1.74. The summed E-state index contributed by atoms with van der Waals surface area (Å²) in [7, 11) is 1.68. The average molecular weight is 273 g/mol. The Hall–Kier alpha value is -1.04. The van der Waals surface area contributed by atoms with E-state index in [1.54, 1.807) is 24.1 Å². The number of halogens is 1. The summed E-state index contributed by atoms with van der Waals surface area (Å²) in [6, 6.07) is 3.13. The van der Waals surface area contributed by atoms with Crippen LogP contribution in [0.2, 0.25) is 5.22 Å². The Morgan fingerprint density at radius 1 is 1.67 bits per heavy atom. The second kappa shape index (κ2) is 5.73. The number of hydrogen-bond acceptors (Lipinski definition) is 4. The number of carbonyl (C=O) groups is 1. The van der Waals surface area contributed by atoms with Crippen molar-refractivity contribution in [1.29, 1.82) is 0 Å². The molecule has 5 nitrogen and oxygen atoms in total. The van der Waals surface area contributed by atoms with E-state index in [-0.39, 0.29) is 29.0 Å². The van der Waals surface area contributed by atoms with E-state index < -0.39 is 0 Å². The molecule has 2 heterocycles. The minimum atomic E-state index is -0.160. The fourth-order valence-electron chi connectivity index (χ4n) is 2.29. The Labute approximate surface area is 111 Å². The van der Waals surface area contributed by atoms with Crippen molar-refractivity contribution in [3.05, 3.63) is 23.1 Å². The second-order valence-electron chi connectivity index (χ2n) is 4.37. The maximum absolute atomic E-state index is 12.3. The van der Waals surface area contributed by atoms with Gasteiger partial charge in [-0.2, -0.15) is 0 Å². The van der Waals surface area contributed by atoms with Crippen molar-refractivity contribution in [2.45, 2.75) is 25.0 Å². The van der Waals surface area contributed by atoms with Crippen molar-refractivity contribution in [2.24, 2.45) is 5.73 Å². The van der Waals surface area contributed by atoms with Crippen LogP contribution in [0.25, 0.3) is 0 Å². The Morgan fingerprint density at radius 3 is 3.00 bits per heavy atom. The lowest BCUT2D eigenvalue weighted by atomic mass is 9.99. The van der Waals surface area contributed by atoms with E-state index in [9.17, 15) is 4.79 Å². The molecule has 0 aliphatic carbocycles. The van der Waals surface area contributed by atoms with Crippen molar-refractivity contribution in [2.75, 3.05) is 20.2 Å². The highest BCUT2D eigenvalue weighted by Crippen LogP contribution is 2.23. The second-order valence-corrected chi connectivity index (χ2v) is 4.75. The molecule has 0 bridgehead atoms. The number of methoxy groups -OCH3 is 1. The number of likely N-dealkylation sites (tertiary alicyclic amines) is 1. The normalized spacial score (nSPS) is 24.3. The maximum atomic E-state index is 12.3. The minimum Gasteiger partial charge on any atom is -0.440 e. The largest absolute Gasteiger partial charge is 0.440 e. The van der Waals surface area contributed by atoms with Crippen LogP contribution < -0.4 is 5.73 Å². The first-order chi connectivity index (χ1) is 8.65. The minimum absolute atomic E-state index is 0.0138. The van der Waals surface area contributed by atoms with Gasteiger partial charge in [0.15, 0.2) is 11.0 Å². The van der Waals surface area contributed by atoms with E-state index in [0.717, 1.165) is 12.8 Å². The van der Waals surface area contributed by atoms with E-state index in [1.165, 1.54) is 0 Å². The molecule has 1 aromatic rings. The lowest BCUT2D eigenvalue weighted by molar-refractivity contribution is 0.0124. The van der Waals surface area contributed by atoms with Crippen LogP contribution in [0.3, 0.4) is 0 Å². The van der Waals surface area contributed by atoms with Gasteiger partial charge in [-0.25, -0.2) is 0 Å². The van der Waals surface area contributed by atoms with Crippen molar-refractivity contribution in [1.82, 2.24) is 4.90 Å². The zero-order chi connectivity index (χ0) is 13.1. The predicted octanol–water partition coefficient (Wildman–Crippen LogP) is 1.51. The quantitative estimate of drug-likeness (QED) is 0.906. The molecule has 100 valence electrons. The van der Waals surface area contributed by atoms with Gasteiger partial charge in [-0.1, -0.05) is 0 Å². The molecule has 1 aliphatic heterocycles. The van der Waals surface area contributed by atoms with Gasteiger partial charge in [-0.15, -0.1) is 0 Å². The Balaban J connectivity index is 2.10. The van der Waals surface area contributed by atoms with E-state index in [1.807, 2.05) is 0 Å². The molecule has 2 unspecified atom stereocenters. The van der Waals surface area contributed by atoms with Crippen LogP contribution in [0.4, 0.5) is 0 Å². The first-order valence-electron chi connectivity index (χ1n) is 5.95. The molecule has 2 rings (SSSR count). The summed E-state index contributed by atoms with van der Waals surface area (Å²) in [5, 5.41) is 0.217. The molecule has 1 aromatic heterocycles. The summed E-state index contributed by atoms with van der Waals surface area (Å²) >= 11 is 5.68. The molecule has 1 saturated heterocycles. The Morgan fingerprint density at radius 2 is 2.44 bits per heavy atom. The summed E-state index contributed by atoms with van der Waals surface area (Å²) in [5.41, 5.74) is 5.73. The molecule has 18 heavy (non-hydrogen) atoms. The summed E-state index contributed by atoms with van der Waals surface area (Å²) in [4.78, 5) is 14.0. The number of rotatable bonds is 3. The predicted molar refractivity (Wildman–Crippen MR) is 67.6 cm³/mol. The highest BCUT2D eigenvalue weighted by molar-refractivity contribution is 6.29. The number of amides is 1. The molecule has 1 amide bonds. The van der Waals surface area contributed by atoms with Crippen LogP contribution in [0.15, 0.2) is 16.5 Å². The zero-order valence-electron chi connectivity index (χ0n) is 10.3. The number of furan rings is 1. The van der Waals surface area contributed by atoms with Gasteiger partial charge in [0.1, 0.15) is 0 Å². The zero-order valence-corrected chi connectivity index (χ0v) is 11.0. The fraction of sp³-hybridized carbons (Fsp3) is 0.583. The molecular formula is C12H17ClN2O3. The van der Waals surface area contributed by atoms with Gasteiger partial charge in [-0.3, -0.25) is 4.79 Å². The number of piperidine rings is 1. The van der Waals surface area contributed by atoms with E-state index >= 15 is 0 Å². The fourth-order valence-corrected chi connectivity index (χ4v) is 2.44. The van der Waals surface area contributed by atoms with Crippen molar-refractivity contribution < 1.29 is 13.9 Å². The third-order valence-corrected chi connectivity index (χ3v) is 3.52. The first-order valence-corrected chi connectivity index (χ1v) is 6.32. The van der Waals surface area contributed by atoms with Gasteiger partial charge in [-0.05, 0) is 36.6 Å². The number of ether oxygens (including phenoxy) is 1. The number of nitrogens with two attached hydrogens (primary N) is 1. The van der Waals surface area contributed by atoms with Gasteiger partial charge < -0.3 is 19.8 Å². The maximum Gasteiger partial charge on any atom is 0.289 e. The molecule has 2 N–H and O–H groups in total. The molecule has 0 spiro atoms. The Kier molecular flexibility index (Phi) is 4.27. The van der Waals surface area contributed by atoms with Crippen molar-refractivity contribution in [3.8, 4) is 0 Å². The van der Waals surface area contributed by atoms with Crippen LogP contribution in [0.5, 0.6) is 0 Å². The number of nitrogens with zero attached hydrogens (tertiary/aromatic N) is 1. The molecule has 1 aliphatic rings. The van der Waals surface area contributed by atoms with Gasteiger partial charge in [0.2, 0.25) is 0 Å². The third-order valence-electron chi connectivity index (χ3n) is 3.32. The van der Waals surface area contributed by atoms with Crippen LogP contribution >= 0.6 is 11.6 Å². The van der Waals surface area contributed by atoms with Gasteiger partial charge >= 0.3 is 0 Å². The summed E-state index contributed by atoms with van der Waals surface area (Å²) in [5.74, 6) is 0.0984. The van der Waals surface area contributed by atoms with Crippen LogP contribution in [0, 0.1) is 0 Å². The SMILES string of the molecule is COC1CCN(C(=O)c2ccc(Cl)o2)C(CN)C1. The highest BCUT2D eigenvalue weighted by atomic mass is 35.5. The van der Waals surface area contributed by atoms with Crippen molar-refractivity contribution in [3.63, 3.8) is 0 Å². The van der Waals surface area contributed by atoms with Gasteiger partial charge in [0, 0.05) is 26.2 Å². The first kappa shape index (κ1) is 13.4. The average Bonchev–Trinajstić information content (AvgIpc) is 2.83. The Bertz CT molecular complexity index is 421. The highest BCUT2D eigenvalue weighted by Gasteiger charge is 2.32. The molecule has 0 radical (unpaired) electrons.